The maximum Gasteiger partial charge on any atom is 0.416 e. The number of amides is 6. The first-order valence-electron chi connectivity index (χ1n) is 14.3. The van der Waals surface area contributed by atoms with E-state index in [9.17, 15) is 53.9 Å². The Morgan fingerprint density at radius 3 is 0.980 bits per heavy atom. The molecule has 6 N–H and O–H groups in total. The van der Waals surface area contributed by atoms with Crippen LogP contribution in [0.3, 0.4) is 0 Å². The van der Waals surface area contributed by atoms with Crippen LogP contribution >= 0.6 is 0 Å². The Kier molecular flexibility index (Phi) is 13.1. The molecule has 0 unspecified atom stereocenters. The van der Waals surface area contributed by atoms with Gasteiger partial charge in [-0.1, -0.05) is 18.2 Å². The molecule has 0 atom stereocenters. The number of hydrogen-bond donors (Lipinski definition) is 6. The number of rotatable bonds is 12. The lowest BCUT2D eigenvalue weighted by atomic mass is 10.2. The van der Waals surface area contributed by atoms with Gasteiger partial charge in [-0.3, -0.25) is 4.90 Å². The molecule has 49 heavy (non-hydrogen) atoms. The summed E-state index contributed by atoms with van der Waals surface area (Å²) in [6, 6.07) is 9.41. The van der Waals surface area contributed by atoms with Crippen molar-refractivity contribution in [2.45, 2.75) is 18.5 Å². The van der Waals surface area contributed by atoms with Crippen molar-refractivity contribution in [3.8, 4) is 0 Å². The summed E-state index contributed by atoms with van der Waals surface area (Å²) in [5.74, 6) is 0. The number of nitrogens with zero attached hydrogens (tertiary/aromatic N) is 1. The van der Waals surface area contributed by atoms with E-state index in [0.29, 0.717) is 0 Å². The Bertz CT molecular complexity index is 1400. The number of carbonyl (C=O) groups is 3. The lowest BCUT2D eigenvalue weighted by Crippen LogP contribution is -2.44. The molecule has 0 heterocycles. The number of urea groups is 3. The number of halogens is 9. The summed E-state index contributed by atoms with van der Waals surface area (Å²) in [5, 5.41) is 14.2. The van der Waals surface area contributed by atoms with Crippen molar-refractivity contribution in [3.05, 3.63) is 89.5 Å². The normalized spacial score (nSPS) is 11.9. The van der Waals surface area contributed by atoms with Crippen LogP contribution in [-0.2, 0) is 18.5 Å². The average molecular weight is 708 g/mol. The first-order chi connectivity index (χ1) is 22.9. The van der Waals surface area contributed by atoms with Gasteiger partial charge in [-0.25, -0.2) is 14.4 Å². The molecule has 0 radical (unpaired) electrons. The van der Waals surface area contributed by atoms with E-state index in [1.807, 2.05) is 0 Å². The topological polar surface area (TPSA) is 127 Å². The Hall–Kier alpha value is -5.20. The molecule has 3 rings (SSSR count). The van der Waals surface area contributed by atoms with E-state index >= 15 is 0 Å². The third-order valence-corrected chi connectivity index (χ3v) is 6.48. The summed E-state index contributed by atoms with van der Waals surface area (Å²) in [6.07, 6.45) is -13.9. The predicted octanol–water partition coefficient (Wildman–Crippen LogP) is 6.81. The molecule has 0 aliphatic rings. The smallest absolute Gasteiger partial charge is 0.337 e. The molecular weight excluding hydrogens is 677 g/mol. The summed E-state index contributed by atoms with van der Waals surface area (Å²) in [4.78, 5) is 38.5. The molecule has 6 amide bonds. The summed E-state index contributed by atoms with van der Waals surface area (Å²) in [7, 11) is 0. The number of benzene rings is 3. The van der Waals surface area contributed by atoms with E-state index in [4.69, 9.17) is 0 Å². The minimum atomic E-state index is -4.62. The highest BCUT2D eigenvalue weighted by Gasteiger charge is 2.32. The quantitative estimate of drug-likeness (QED) is 0.116. The van der Waals surface area contributed by atoms with Crippen molar-refractivity contribution in [3.63, 3.8) is 0 Å². The van der Waals surface area contributed by atoms with Gasteiger partial charge in [0.2, 0.25) is 0 Å². The second kappa shape index (κ2) is 16.8. The monoisotopic (exact) mass is 707 g/mol. The third kappa shape index (κ3) is 13.4. The number of alkyl halides is 9. The predicted molar refractivity (Wildman–Crippen MR) is 162 cm³/mol. The Morgan fingerprint density at radius 1 is 0.469 bits per heavy atom. The van der Waals surface area contributed by atoms with Crippen LogP contribution in [0.2, 0.25) is 0 Å². The van der Waals surface area contributed by atoms with Crippen LogP contribution in [0.15, 0.2) is 72.8 Å². The zero-order valence-electron chi connectivity index (χ0n) is 25.2. The molecule has 0 bridgehead atoms. The first kappa shape index (κ1) is 38.2. The van der Waals surface area contributed by atoms with E-state index in [1.54, 1.807) is 4.90 Å². The lowest BCUT2D eigenvalue weighted by Gasteiger charge is -2.23. The molecule has 266 valence electrons. The summed E-state index contributed by atoms with van der Waals surface area (Å²) in [6.45, 7) is 0.0879. The van der Waals surface area contributed by atoms with Crippen LogP contribution in [0.25, 0.3) is 0 Å². The summed E-state index contributed by atoms with van der Waals surface area (Å²) in [5.41, 5.74) is -3.24. The number of nitrogens with one attached hydrogen (secondary N) is 6. The van der Waals surface area contributed by atoms with Crippen LogP contribution in [0.5, 0.6) is 0 Å². The van der Waals surface area contributed by atoms with Gasteiger partial charge in [0.1, 0.15) is 0 Å². The van der Waals surface area contributed by atoms with Gasteiger partial charge in [0.25, 0.3) is 0 Å². The Balaban J connectivity index is 1.54. The van der Waals surface area contributed by atoms with Gasteiger partial charge in [-0.15, -0.1) is 0 Å². The van der Waals surface area contributed by atoms with Crippen LogP contribution in [0.1, 0.15) is 16.7 Å². The molecule has 10 nitrogen and oxygen atoms in total. The van der Waals surface area contributed by atoms with E-state index in [-0.39, 0.29) is 56.3 Å². The van der Waals surface area contributed by atoms with Gasteiger partial charge in [0.15, 0.2) is 0 Å². The zero-order chi connectivity index (χ0) is 36.2. The second-order valence-electron chi connectivity index (χ2n) is 10.2. The minimum Gasteiger partial charge on any atom is -0.337 e. The fraction of sp³-hybridized carbons (Fsp3) is 0.300. The highest BCUT2D eigenvalue weighted by Crippen LogP contribution is 2.32. The lowest BCUT2D eigenvalue weighted by molar-refractivity contribution is -0.138. The highest BCUT2D eigenvalue weighted by atomic mass is 19.4. The number of anilines is 3. The molecule has 0 fully saturated rings. The highest BCUT2D eigenvalue weighted by molar-refractivity contribution is 5.90. The van der Waals surface area contributed by atoms with Gasteiger partial charge in [0, 0.05) is 56.3 Å². The van der Waals surface area contributed by atoms with Crippen LogP contribution < -0.4 is 31.9 Å². The SMILES string of the molecule is O=C(NCCN(CCNC(=O)Nc1cccc(C(F)(F)F)c1)CCNC(=O)Nc1cccc(C(F)(F)F)c1)Nc1cccc(C(F)(F)F)c1. The van der Waals surface area contributed by atoms with Crippen molar-refractivity contribution in [2.24, 2.45) is 0 Å². The minimum absolute atomic E-state index is 0.0579. The molecule has 19 heteroatoms. The van der Waals surface area contributed by atoms with Crippen LogP contribution in [0.4, 0.5) is 71.0 Å². The van der Waals surface area contributed by atoms with E-state index in [0.717, 1.165) is 54.6 Å². The second-order valence-corrected chi connectivity index (χ2v) is 10.2. The molecule has 0 aliphatic carbocycles. The summed E-state index contributed by atoms with van der Waals surface area (Å²) >= 11 is 0. The average Bonchev–Trinajstić information content (AvgIpc) is 3.00. The van der Waals surface area contributed by atoms with Crippen LogP contribution in [0, 0.1) is 0 Å². The van der Waals surface area contributed by atoms with Gasteiger partial charge in [-0.05, 0) is 54.6 Å². The Morgan fingerprint density at radius 2 is 0.735 bits per heavy atom. The van der Waals surface area contributed by atoms with Crippen molar-refractivity contribution in [1.29, 1.82) is 0 Å². The van der Waals surface area contributed by atoms with Gasteiger partial charge in [0.05, 0.1) is 16.7 Å². The standard InChI is InChI=1S/C30H30F9N7O3/c31-28(32,33)19-4-1-7-22(16-19)43-25(47)40-10-13-46(14-11-41-26(48)44-23-8-2-5-20(17-23)29(34,35)36)15-12-42-27(49)45-24-9-3-6-21(18-24)30(37,38)39/h1-9,16-18H,10-15H2,(H2,40,43,47)(H2,41,44,48)(H2,42,45,49). The van der Waals surface area contributed by atoms with Gasteiger partial charge >= 0.3 is 36.6 Å². The number of carbonyl (C=O) groups excluding carboxylic acids is 3. The maximum atomic E-state index is 13.0. The Labute approximate surface area is 273 Å². The molecule has 0 saturated carbocycles. The fourth-order valence-electron chi connectivity index (χ4n) is 4.16. The molecular formula is C30H30F9N7O3. The van der Waals surface area contributed by atoms with E-state index < -0.39 is 53.3 Å². The fourth-order valence-corrected chi connectivity index (χ4v) is 4.16. The van der Waals surface area contributed by atoms with Crippen LogP contribution in [-0.4, -0.2) is 62.3 Å². The molecule has 0 saturated heterocycles. The van der Waals surface area contributed by atoms with Crippen molar-refractivity contribution in [2.75, 3.05) is 55.2 Å². The number of hydrogen-bond acceptors (Lipinski definition) is 4. The first-order valence-corrected chi connectivity index (χ1v) is 14.3. The van der Waals surface area contributed by atoms with Crippen molar-refractivity contribution < 1.29 is 53.9 Å². The van der Waals surface area contributed by atoms with E-state index in [2.05, 4.69) is 31.9 Å². The van der Waals surface area contributed by atoms with E-state index in [1.165, 1.54) is 18.2 Å². The largest absolute Gasteiger partial charge is 0.416 e. The zero-order valence-corrected chi connectivity index (χ0v) is 25.2. The summed E-state index contributed by atoms with van der Waals surface area (Å²) < 4.78 is 117. The molecule has 0 aromatic heterocycles. The third-order valence-electron chi connectivity index (χ3n) is 6.48. The molecule has 0 aliphatic heterocycles. The maximum absolute atomic E-state index is 13.0. The molecule has 0 spiro atoms. The van der Waals surface area contributed by atoms with Gasteiger partial charge < -0.3 is 31.9 Å². The van der Waals surface area contributed by atoms with Crippen molar-refractivity contribution >= 4 is 35.2 Å². The molecule has 3 aromatic rings. The molecule has 3 aromatic carbocycles. The van der Waals surface area contributed by atoms with Gasteiger partial charge in [-0.2, -0.15) is 39.5 Å². The van der Waals surface area contributed by atoms with Crippen molar-refractivity contribution in [1.82, 2.24) is 20.9 Å².